The quantitative estimate of drug-likeness (QED) is 0.820. The Morgan fingerprint density at radius 3 is 2.67 bits per heavy atom. The van der Waals surface area contributed by atoms with Crippen LogP contribution in [0, 0.1) is 0 Å². The Morgan fingerprint density at radius 2 is 2.17 bits per heavy atom. The van der Waals surface area contributed by atoms with E-state index in [1.165, 1.54) is 0 Å². The van der Waals surface area contributed by atoms with Crippen LogP contribution in [0.1, 0.15) is 44.6 Å². The van der Waals surface area contributed by atoms with Gasteiger partial charge in [-0.15, -0.1) is 0 Å². The van der Waals surface area contributed by atoms with Crippen LogP contribution in [0.2, 0.25) is 0 Å². The van der Waals surface area contributed by atoms with Crippen molar-refractivity contribution in [3.05, 3.63) is 28.2 Å². The highest BCUT2D eigenvalue weighted by Crippen LogP contribution is 2.32. The first-order valence-corrected chi connectivity index (χ1v) is 7.01. The normalized spacial score (nSPS) is 12.2. The van der Waals surface area contributed by atoms with Gasteiger partial charge in [0.2, 0.25) is 0 Å². The van der Waals surface area contributed by atoms with Crippen LogP contribution in [0.3, 0.4) is 0 Å². The van der Waals surface area contributed by atoms with Gasteiger partial charge in [0.1, 0.15) is 5.75 Å². The molecule has 0 aliphatic carbocycles. The molecule has 0 spiro atoms. The average Bonchev–Trinajstić information content (AvgIpc) is 2.31. The van der Waals surface area contributed by atoms with Crippen LogP contribution in [0.4, 0.5) is 0 Å². The zero-order chi connectivity index (χ0) is 13.5. The van der Waals surface area contributed by atoms with Crippen LogP contribution in [0.25, 0.3) is 0 Å². The molecule has 3 nitrogen and oxygen atoms in total. The van der Waals surface area contributed by atoms with Gasteiger partial charge in [-0.3, -0.25) is 4.79 Å². The second-order valence-corrected chi connectivity index (χ2v) is 5.06. The van der Waals surface area contributed by atoms with Crippen molar-refractivity contribution in [3.63, 3.8) is 0 Å². The number of carboxylic acids is 1. The van der Waals surface area contributed by atoms with Crippen molar-refractivity contribution in [1.29, 1.82) is 0 Å². The van der Waals surface area contributed by atoms with Crippen molar-refractivity contribution in [2.24, 2.45) is 0 Å². The molecule has 0 saturated carbocycles. The Bertz CT molecular complexity index is 404. The molecule has 0 radical (unpaired) electrons. The molecule has 0 amide bonds. The Hall–Kier alpha value is -1.03. The van der Waals surface area contributed by atoms with E-state index < -0.39 is 5.97 Å². The molecule has 0 aliphatic heterocycles. The molecule has 1 unspecified atom stereocenters. The van der Waals surface area contributed by atoms with Gasteiger partial charge < -0.3 is 9.84 Å². The molecule has 1 N–H and O–H groups in total. The molecular weight excluding hydrogens is 296 g/mol. The molecule has 0 aliphatic rings. The van der Waals surface area contributed by atoms with E-state index in [2.05, 4.69) is 22.9 Å². The smallest absolute Gasteiger partial charge is 0.303 e. The molecule has 1 rings (SSSR count). The molecule has 0 heterocycles. The fourth-order valence-electron chi connectivity index (χ4n) is 1.99. The van der Waals surface area contributed by atoms with Crippen molar-refractivity contribution >= 4 is 21.9 Å². The van der Waals surface area contributed by atoms with Crippen LogP contribution in [0.15, 0.2) is 22.7 Å². The van der Waals surface area contributed by atoms with Crippen molar-refractivity contribution in [3.8, 4) is 5.75 Å². The summed E-state index contributed by atoms with van der Waals surface area (Å²) in [5.74, 6) is 0.116. The highest BCUT2D eigenvalue weighted by molar-refractivity contribution is 9.10. The zero-order valence-electron chi connectivity index (χ0n) is 10.8. The van der Waals surface area contributed by atoms with E-state index in [1.54, 1.807) is 0 Å². The summed E-state index contributed by atoms with van der Waals surface area (Å²) in [6.07, 6.45) is 2.03. The lowest BCUT2D eigenvalue weighted by atomic mass is 9.91. The molecule has 0 saturated heterocycles. The largest absolute Gasteiger partial charge is 0.493 e. The van der Waals surface area contributed by atoms with Gasteiger partial charge in [0.15, 0.2) is 0 Å². The number of aliphatic carboxylic acids is 1. The summed E-state index contributed by atoms with van der Waals surface area (Å²) in [5.41, 5.74) is 1.05. The predicted octanol–water partition coefficient (Wildman–Crippen LogP) is 4.21. The summed E-state index contributed by atoms with van der Waals surface area (Å²) in [4.78, 5) is 10.9. The third kappa shape index (κ3) is 4.33. The van der Waals surface area contributed by atoms with E-state index in [4.69, 9.17) is 9.84 Å². The number of halogens is 1. The Morgan fingerprint density at radius 1 is 1.44 bits per heavy atom. The first-order valence-electron chi connectivity index (χ1n) is 6.22. The van der Waals surface area contributed by atoms with E-state index in [1.807, 2.05) is 25.1 Å². The van der Waals surface area contributed by atoms with E-state index in [9.17, 15) is 4.79 Å². The highest BCUT2D eigenvalue weighted by atomic mass is 79.9. The van der Waals surface area contributed by atoms with E-state index in [-0.39, 0.29) is 12.3 Å². The number of carboxylic acid groups (broad SMARTS) is 1. The lowest BCUT2D eigenvalue weighted by Crippen LogP contribution is -2.06. The monoisotopic (exact) mass is 314 g/mol. The van der Waals surface area contributed by atoms with Crippen molar-refractivity contribution in [2.75, 3.05) is 6.61 Å². The minimum atomic E-state index is -0.751. The molecule has 0 fully saturated rings. The lowest BCUT2D eigenvalue weighted by molar-refractivity contribution is -0.137. The standard InChI is InChI=1S/C14H19BrO3/c1-3-5-10(9-14(16)17)11-6-7-13(18-4-2)12(15)8-11/h6-8,10H,3-5,9H2,1-2H3,(H,16,17). The zero-order valence-corrected chi connectivity index (χ0v) is 12.4. The first-order chi connectivity index (χ1) is 8.58. The molecule has 4 heteroatoms. The molecule has 1 aromatic rings. The number of hydrogen-bond acceptors (Lipinski definition) is 2. The Balaban J connectivity index is 2.91. The van der Waals surface area contributed by atoms with Gasteiger partial charge in [-0.2, -0.15) is 0 Å². The first kappa shape index (κ1) is 15.0. The second kappa shape index (κ2) is 7.41. The summed E-state index contributed by atoms with van der Waals surface area (Å²) < 4.78 is 6.33. The summed E-state index contributed by atoms with van der Waals surface area (Å²) in [6.45, 7) is 4.62. The third-order valence-electron chi connectivity index (χ3n) is 2.79. The van der Waals surface area contributed by atoms with Crippen LogP contribution in [-0.4, -0.2) is 17.7 Å². The Kier molecular flexibility index (Phi) is 6.19. The van der Waals surface area contributed by atoms with Gasteiger partial charge in [0, 0.05) is 0 Å². The number of carbonyl (C=O) groups is 1. The van der Waals surface area contributed by atoms with E-state index in [0.717, 1.165) is 28.6 Å². The number of ether oxygens (including phenoxy) is 1. The lowest BCUT2D eigenvalue weighted by Gasteiger charge is -2.16. The van der Waals surface area contributed by atoms with E-state index >= 15 is 0 Å². The molecule has 100 valence electrons. The predicted molar refractivity (Wildman–Crippen MR) is 75.2 cm³/mol. The molecule has 1 atom stereocenters. The summed E-state index contributed by atoms with van der Waals surface area (Å²) in [7, 11) is 0. The van der Waals surface area contributed by atoms with Gasteiger partial charge in [0.05, 0.1) is 17.5 Å². The van der Waals surface area contributed by atoms with E-state index in [0.29, 0.717) is 6.61 Å². The molecular formula is C14H19BrO3. The Labute approximate surface area is 116 Å². The SMILES string of the molecule is CCCC(CC(=O)O)c1ccc(OCC)c(Br)c1. The maximum Gasteiger partial charge on any atom is 0.303 e. The fraction of sp³-hybridized carbons (Fsp3) is 0.500. The van der Waals surface area contributed by atoms with Gasteiger partial charge in [-0.05, 0) is 52.9 Å². The number of rotatable bonds is 7. The fourth-order valence-corrected chi connectivity index (χ4v) is 2.50. The maximum atomic E-state index is 10.9. The summed E-state index contributed by atoms with van der Waals surface area (Å²) in [6, 6.07) is 5.82. The maximum absolute atomic E-state index is 10.9. The third-order valence-corrected chi connectivity index (χ3v) is 3.41. The van der Waals surface area contributed by atoms with Gasteiger partial charge >= 0.3 is 5.97 Å². The van der Waals surface area contributed by atoms with Crippen LogP contribution in [-0.2, 0) is 4.79 Å². The topological polar surface area (TPSA) is 46.5 Å². The number of hydrogen-bond donors (Lipinski definition) is 1. The van der Waals surface area contributed by atoms with Crippen molar-refractivity contribution in [1.82, 2.24) is 0 Å². The molecule has 0 bridgehead atoms. The van der Waals surface area contributed by atoms with Crippen LogP contribution < -0.4 is 4.74 Å². The van der Waals surface area contributed by atoms with Crippen LogP contribution >= 0.6 is 15.9 Å². The van der Waals surface area contributed by atoms with Crippen molar-refractivity contribution in [2.45, 2.75) is 39.0 Å². The van der Waals surface area contributed by atoms with Crippen LogP contribution in [0.5, 0.6) is 5.75 Å². The van der Waals surface area contributed by atoms with Crippen molar-refractivity contribution < 1.29 is 14.6 Å². The minimum Gasteiger partial charge on any atom is -0.493 e. The van der Waals surface area contributed by atoms with Gasteiger partial charge in [-0.1, -0.05) is 19.4 Å². The molecule has 0 aromatic heterocycles. The average molecular weight is 315 g/mol. The number of benzene rings is 1. The summed E-state index contributed by atoms with van der Waals surface area (Å²) in [5, 5.41) is 8.94. The molecule has 18 heavy (non-hydrogen) atoms. The highest BCUT2D eigenvalue weighted by Gasteiger charge is 2.16. The molecule has 1 aromatic carbocycles. The second-order valence-electron chi connectivity index (χ2n) is 4.21. The van der Waals surface area contributed by atoms with Gasteiger partial charge in [0.25, 0.3) is 0 Å². The summed E-state index contributed by atoms with van der Waals surface area (Å²) >= 11 is 3.46. The van der Waals surface area contributed by atoms with Gasteiger partial charge in [-0.25, -0.2) is 0 Å². The minimum absolute atomic E-state index is 0.0690.